The van der Waals surface area contributed by atoms with Crippen LogP contribution in [0.5, 0.6) is 0 Å². The van der Waals surface area contributed by atoms with Gasteiger partial charge in [0, 0.05) is 20.5 Å². The molecule has 0 saturated heterocycles. The van der Waals surface area contributed by atoms with Gasteiger partial charge in [0.25, 0.3) is 11.8 Å². The molecule has 122 valence electrons. The average Bonchev–Trinajstić information content (AvgIpc) is 2.84. The average molecular weight is 322 g/mol. The van der Waals surface area contributed by atoms with Crippen LogP contribution in [-0.2, 0) is 11.2 Å². The molecule has 3 amide bonds. The minimum atomic E-state index is -0.308. The number of carbonyl (C=O) groups is 3. The standard InChI is InChI=1S/C19H18N2O3/c1-20(2)17(22)11-10-13-6-5-7-14(12-13)21-18(23)15-8-3-4-9-16(15)19(21)24/h3-9,12H,10-11H2,1-2H3. The predicted octanol–water partition coefficient (Wildman–Crippen LogP) is 2.51. The van der Waals surface area contributed by atoms with Gasteiger partial charge in [-0.2, -0.15) is 0 Å². The number of rotatable bonds is 4. The summed E-state index contributed by atoms with van der Waals surface area (Å²) in [5, 5.41) is 0. The van der Waals surface area contributed by atoms with Crippen LogP contribution in [0.1, 0.15) is 32.7 Å². The molecule has 2 aromatic rings. The van der Waals surface area contributed by atoms with E-state index in [2.05, 4.69) is 0 Å². The molecule has 0 aliphatic carbocycles. The van der Waals surface area contributed by atoms with Crippen molar-refractivity contribution in [1.29, 1.82) is 0 Å². The Bertz CT molecular complexity index is 792. The lowest BCUT2D eigenvalue weighted by atomic mass is 10.1. The molecule has 3 rings (SSSR count). The van der Waals surface area contributed by atoms with E-state index in [1.165, 1.54) is 4.90 Å². The number of hydrogen-bond donors (Lipinski definition) is 0. The van der Waals surface area contributed by atoms with Gasteiger partial charge in [-0.1, -0.05) is 24.3 Å². The molecule has 0 unspecified atom stereocenters. The Morgan fingerprint density at radius 1 is 0.958 bits per heavy atom. The summed E-state index contributed by atoms with van der Waals surface area (Å²) in [6, 6.07) is 14.0. The highest BCUT2D eigenvalue weighted by atomic mass is 16.2. The zero-order valence-corrected chi connectivity index (χ0v) is 13.7. The van der Waals surface area contributed by atoms with Gasteiger partial charge in [0.1, 0.15) is 0 Å². The number of imide groups is 1. The van der Waals surface area contributed by atoms with Gasteiger partial charge in [0.2, 0.25) is 5.91 Å². The fourth-order valence-electron chi connectivity index (χ4n) is 2.75. The van der Waals surface area contributed by atoms with Gasteiger partial charge in [0.15, 0.2) is 0 Å². The summed E-state index contributed by atoms with van der Waals surface area (Å²) in [7, 11) is 3.44. The number of anilines is 1. The molecule has 5 heteroatoms. The van der Waals surface area contributed by atoms with Crippen LogP contribution in [0, 0.1) is 0 Å². The second kappa shape index (κ2) is 6.28. The fourth-order valence-corrected chi connectivity index (χ4v) is 2.75. The van der Waals surface area contributed by atoms with Crippen molar-refractivity contribution in [2.75, 3.05) is 19.0 Å². The van der Waals surface area contributed by atoms with Crippen LogP contribution in [0.15, 0.2) is 48.5 Å². The van der Waals surface area contributed by atoms with Gasteiger partial charge < -0.3 is 4.90 Å². The maximum Gasteiger partial charge on any atom is 0.266 e. The summed E-state index contributed by atoms with van der Waals surface area (Å²) in [6.07, 6.45) is 0.951. The second-order valence-corrected chi connectivity index (χ2v) is 5.95. The van der Waals surface area contributed by atoms with E-state index in [0.717, 1.165) is 5.56 Å². The molecule has 24 heavy (non-hydrogen) atoms. The number of aryl methyl sites for hydroxylation is 1. The number of benzene rings is 2. The maximum atomic E-state index is 12.5. The lowest BCUT2D eigenvalue weighted by Crippen LogP contribution is -2.29. The van der Waals surface area contributed by atoms with Crippen molar-refractivity contribution in [2.45, 2.75) is 12.8 Å². The molecule has 2 aromatic carbocycles. The van der Waals surface area contributed by atoms with Crippen molar-refractivity contribution >= 4 is 23.4 Å². The molecule has 1 aliphatic heterocycles. The van der Waals surface area contributed by atoms with E-state index in [0.29, 0.717) is 29.7 Å². The van der Waals surface area contributed by atoms with Crippen molar-refractivity contribution in [3.63, 3.8) is 0 Å². The Balaban J connectivity index is 1.84. The maximum absolute atomic E-state index is 12.5. The van der Waals surface area contributed by atoms with E-state index in [4.69, 9.17) is 0 Å². The number of nitrogens with zero attached hydrogens (tertiary/aromatic N) is 2. The van der Waals surface area contributed by atoms with E-state index >= 15 is 0 Å². The zero-order chi connectivity index (χ0) is 17.3. The van der Waals surface area contributed by atoms with Crippen molar-refractivity contribution < 1.29 is 14.4 Å². The molecule has 0 atom stereocenters. The van der Waals surface area contributed by atoms with Gasteiger partial charge in [-0.15, -0.1) is 0 Å². The van der Waals surface area contributed by atoms with E-state index in [9.17, 15) is 14.4 Å². The third kappa shape index (κ3) is 2.80. The largest absolute Gasteiger partial charge is 0.349 e. The van der Waals surface area contributed by atoms with E-state index in [-0.39, 0.29) is 17.7 Å². The first-order valence-electron chi connectivity index (χ1n) is 7.76. The molecule has 0 aromatic heterocycles. The Hall–Kier alpha value is -2.95. The number of amides is 3. The number of fused-ring (bicyclic) bond motifs is 1. The van der Waals surface area contributed by atoms with Crippen molar-refractivity contribution in [3.8, 4) is 0 Å². The topological polar surface area (TPSA) is 57.7 Å². The highest BCUT2D eigenvalue weighted by Crippen LogP contribution is 2.28. The highest BCUT2D eigenvalue weighted by Gasteiger charge is 2.36. The molecule has 0 saturated carbocycles. The van der Waals surface area contributed by atoms with Crippen LogP contribution >= 0.6 is 0 Å². The minimum Gasteiger partial charge on any atom is -0.349 e. The van der Waals surface area contributed by atoms with Crippen LogP contribution in [0.3, 0.4) is 0 Å². The first kappa shape index (κ1) is 15.9. The summed E-state index contributed by atoms with van der Waals surface area (Å²) in [5.74, 6) is -0.574. The Morgan fingerprint density at radius 3 is 2.17 bits per heavy atom. The number of carbonyl (C=O) groups excluding carboxylic acids is 3. The fraction of sp³-hybridized carbons (Fsp3) is 0.211. The molecule has 1 heterocycles. The molecular formula is C19H18N2O3. The quantitative estimate of drug-likeness (QED) is 0.813. The van der Waals surface area contributed by atoms with Crippen LogP contribution < -0.4 is 4.90 Å². The highest BCUT2D eigenvalue weighted by molar-refractivity contribution is 6.34. The molecule has 0 spiro atoms. The second-order valence-electron chi connectivity index (χ2n) is 5.95. The van der Waals surface area contributed by atoms with Crippen molar-refractivity contribution in [2.24, 2.45) is 0 Å². The smallest absolute Gasteiger partial charge is 0.266 e. The number of hydrogen-bond acceptors (Lipinski definition) is 3. The summed E-state index contributed by atoms with van der Waals surface area (Å²) in [5.41, 5.74) is 2.31. The Labute approximate surface area is 140 Å². The van der Waals surface area contributed by atoms with Gasteiger partial charge in [-0.25, -0.2) is 4.90 Å². The predicted molar refractivity (Wildman–Crippen MR) is 91.0 cm³/mol. The Morgan fingerprint density at radius 2 is 1.58 bits per heavy atom. The molecule has 0 N–H and O–H groups in total. The van der Waals surface area contributed by atoms with E-state index in [1.54, 1.807) is 61.5 Å². The summed E-state index contributed by atoms with van der Waals surface area (Å²) < 4.78 is 0. The molecule has 0 bridgehead atoms. The molecule has 0 fully saturated rings. The van der Waals surface area contributed by atoms with Crippen LogP contribution in [0.4, 0.5) is 5.69 Å². The molecule has 1 aliphatic rings. The van der Waals surface area contributed by atoms with Crippen LogP contribution in [0.25, 0.3) is 0 Å². The van der Waals surface area contributed by atoms with Crippen molar-refractivity contribution in [3.05, 3.63) is 65.2 Å². The van der Waals surface area contributed by atoms with Gasteiger partial charge in [0.05, 0.1) is 16.8 Å². The van der Waals surface area contributed by atoms with E-state index < -0.39 is 0 Å². The third-order valence-electron chi connectivity index (χ3n) is 4.09. The minimum absolute atomic E-state index is 0.0427. The van der Waals surface area contributed by atoms with Crippen LogP contribution in [0.2, 0.25) is 0 Å². The molecule has 0 radical (unpaired) electrons. The normalized spacial score (nSPS) is 13.2. The molecule has 5 nitrogen and oxygen atoms in total. The van der Waals surface area contributed by atoms with Crippen molar-refractivity contribution in [1.82, 2.24) is 4.90 Å². The lowest BCUT2D eigenvalue weighted by Gasteiger charge is -2.15. The lowest BCUT2D eigenvalue weighted by molar-refractivity contribution is -0.128. The zero-order valence-electron chi connectivity index (χ0n) is 13.7. The summed E-state index contributed by atoms with van der Waals surface area (Å²) in [6.45, 7) is 0. The van der Waals surface area contributed by atoms with Gasteiger partial charge in [-0.3, -0.25) is 14.4 Å². The Kier molecular flexibility index (Phi) is 4.16. The summed E-state index contributed by atoms with van der Waals surface area (Å²) in [4.78, 5) is 39.5. The van der Waals surface area contributed by atoms with Gasteiger partial charge in [-0.05, 0) is 36.2 Å². The SMILES string of the molecule is CN(C)C(=O)CCc1cccc(N2C(=O)c3ccccc3C2=O)c1. The van der Waals surface area contributed by atoms with E-state index in [1.807, 2.05) is 6.07 Å². The monoisotopic (exact) mass is 322 g/mol. The first-order valence-corrected chi connectivity index (χ1v) is 7.76. The van der Waals surface area contributed by atoms with Gasteiger partial charge >= 0.3 is 0 Å². The first-order chi connectivity index (χ1) is 11.5. The third-order valence-corrected chi connectivity index (χ3v) is 4.09. The summed E-state index contributed by atoms with van der Waals surface area (Å²) >= 11 is 0. The van der Waals surface area contributed by atoms with Crippen LogP contribution in [-0.4, -0.2) is 36.7 Å². The molecular weight excluding hydrogens is 304 g/mol.